The molecule has 22 heavy (non-hydrogen) atoms. The van der Waals surface area contributed by atoms with Crippen LogP contribution in [0.4, 0.5) is 0 Å². The minimum atomic E-state index is 0.173. The van der Waals surface area contributed by atoms with Crippen LogP contribution < -0.4 is 4.74 Å². The number of hydrogen-bond donors (Lipinski definition) is 0. The number of hydrogen-bond acceptors (Lipinski definition) is 3. The third-order valence-corrected chi connectivity index (χ3v) is 5.82. The molecule has 3 rings (SSSR count). The van der Waals surface area contributed by atoms with Crippen molar-refractivity contribution in [2.45, 2.75) is 50.2 Å². The second-order valence-corrected chi connectivity index (χ2v) is 7.05. The fraction of sp³-hybridized carbons (Fsp3) is 0.421. The molecule has 1 aliphatic heterocycles. The van der Waals surface area contributed by atoms with Gasteiger partial charge in [0.1, 0.15) is 5.75 Å². The smallest absolute Gasteiger partial charge is 0.191 e. The van der Waals surface area contributed by atoms with E-state index in [0.717, 1.165) is 46.6 Å². The first kappa shape index (κ1) is 15.4. The van der Waals surface area contributed by atoms with Gasteiger partial charge in [-0.05, 0) is 43.9 Å². The lowest BCUT2D eigenvalue weighted by Gasteiger charge is -2.28. The van der Waals surface area contributed by atoms with E-state index in [1.807, 2.05) is 6.07 Å². The van der Waals surface area contributed by atoms with Gasteiger partial charge in [0.05, 0.1) is 11.9 Å². The largest absolute Gasteiger partial charge is 0.493 e. The number of ketones is 1. The molecule has 0 fully saturated rings. The third kappa shape index (κ3) is 2.63. The van der Waals surface area contributed by atoms with Crippen LogP contribution >= 0.6 is 11.8 Å². The molecule has 1 aliphatic carbocycles. The van der Waals surface area contributed by atoms with E-state index in [4.69, 9.17) is 4.74 Å². The number of thioether (sulfide) groups is 1. The van der Waals surface area contributed by atoms with E-state index in [1.165, 1.54) is 5.56 Å². The summed E-state index contributed by atoms with van der Waals surface area (Å²) >= 11 is 1.79. The standard InChI is InChI=1S/C19H22O2S/c1-4-5-10-21-16-11-15-18(20)14-8-6-7-9-17(14)22-19(15)13(3)12(16)2/h7-9,11,17H,4-6,10H2,1-3H3. The first-order valence-electron chi connectivity index (χ1n) is 7.98. The van der Waals surface area contributed by atoms with Gasteiger partial charge in [0.2, 0.25) is 0 Å². The molecule has 0 spiro atoms. The van der Waals surface area contributed by atoms with Crippen LogP contribution in [-0.2, 0) is 0 Å². The third-order valence-electron chi connectivity index (χ3n) is 4.39. The zero-order valence-corrected chi connectivity index (χ0v) is 14.3. The summed E-state index contributed by atoms with van der Waals surface area (Å²) < 4.78 is 5.91. The van der Waals surface area contributed by atoms with Crippen LogP contribution in [0.25, 0.3) is 0 Å². The van der Waals surface area contributed by atoms with E-state index in [-0.39, 0.29) is 11.0 Å². The van der Waals surface area contributed by atoms with E-state index < -0.39 is 0 Å². The first-order chi connectivity index (χ1) is 10.6. The Morgan fingerprint density at radius 1 is 1.32 bits per heavy atom. The summed E-state index contributed by atoms with van der Waals surface area (Å²) in [5.74, 6) is 1.04. The second-order valence-electron chi connectivity index (χ2n) is 5.89. The lowest BCUT2D eigenvalue weighted by atomic mass is 9.93. The molecule has 0 bridgehead atoms. The van der Waals surface area contributed by atoms with Crippen LogP contribution in [-0.4, -0.2) is 17.6 Å². The number of rotatable bonds is 4. The minimum absolute atomic E-state index is 0.173. The van der Waals surface area contributed by atoms with Gasteiger partial charge in [-0.3, -0.25) is 4.79 Å². The number of carbonyl (C=O) groups is 1. The maximum absolute atomic E-state index is 12.8. The van der Waals surface area contributed by atoms with Crippen molar-refractivity contribution < 1.29 is 9.53 Å². The molecule has 2 nitrogen and oxygen atoms in total. The predicted octanol–water partition coefficient (Wildman–Crippen LogP) is 5.03. The lowest BCUT2D eigenvalue weighted by molar-refractivity contribution is 0.102. The van der Waals surface area contributed by atoms with E-state index in [0.29, 0.717) is 6.61 Å². The molecule has 1 heterocycles. The highest BCUT2D eigenvalue weighted by atomic mass is 32.2. The average Bonchev–Trinajstić information content (AvgIpc) is 2.53. The van der Waals surface area contributed by atoms with Gasteiger partial charge in [-0.15, -0.1) is 11.8 Å². The van der Waals surface area contributed by atoms with E-state index in [9.17, 15) is 4.79 Å². The molecule has 0 aromatic heterocycles. The van der Waals surface area contributed by atoms with Gasteiger partial charge in [0, 0.05) is 16.0 Å². The van der Waals surface area contributed by atoms with Gasteiger partial charge in [0.25, 0.3) is 0 Å². The van der Waals surface area contributed by atoms with Gasteiger partial charge < -0.3 is 4.74 Å². The summed E-state index contributed by atoms with van der Waals surface area (Å²) in [5, 5.41) is 0.179. The summed E-state index contributed by atoms with van der Waals surface area (Å²) in [4.78, 5) is 13.9. The van der Waals surface area contributed by atoms with Crippen LogP contribution in [0.1, 0.15) is 47.7 Å². The van der Waals surface area contributed by atoms with Crippen molar-refractivity contribution in [3.05, 3.63) is 46.6 Å². The lowest BCUT2D eigenvalue weighted by Crippen LogP contribution is -2.22. The molecular formula is C19H22O2S. The van der Waals surface area contributed by atoms with Crippen molar-refractivity contribution in [2.24, 2.45) is 0 Å². The maximum atomic E-state index is 12.8. The van der Waals surface area contributed by atoms with Crippen LogP contribution in [0.5, 0.6) is 5.75 Å². The zero-order valence-electron chi connectivity index (χ0n) is 13.4. The highest BCUT2D eigenvalue weighted by Crippen LogP contribution is 2.45. The summed E-state index contributed by atoms with van der Waals surface area (Å²) in [7, 11) is 0. The normalized spacial score (nSPS) is 19.5. The van der Waals surface area contributed by atoms with Gasteiger partial charge in [-0.1, -0.05) is 31.6 Å². The summed E-state index contributed by atoms with van der Waals surface area (Å²) in [5.41, 5.74) is 4.09. The van der Waals surface area contributed by atoms with Crippen molar-refractivity contribution in [1.29, 1.82) is 0 Å². The molecule has 1 aromatic rings. The molecule has 116 valence electrons. The molecular weight excluding hydrogens is 292 g/mol. The Hall–Kier alpha value is -1.48. The molecule has 3 heteroatoms. The summed E-state index contributed by atoms with van der Waals surface area (Å²) in [6, 6.07) is 1.96. The van der Waals surface area contributed by atoms with Gasteiger partial charge >= 0.3 is 0 Å². The number of unbranched alkanes of at least 4 members (excludes halogenated alkanes) is 1. The fourth-order valence-corrected chi connectivity index (χ4v) is 4.27. The molecule has 0 radical (unpaired) electrons. The number of Topliss-reactive ketones (excluding diaryl/α,β-unsaturated/α-hetero) is 1. The Morgan fingerprint density at radius 2 is 2.14 bits per heavy atom. The van der Waals surface area contributed by atoms with Crippen LogP contribution in [0.2, 0.25) is 0 Å². The van der Waals surface area contributed by atoms with Gasteiger partial charge in [-0.2, -0.15) is 0 Å². The highest BCUT2D eigenvalue weighted by Gasteiger charge is 2.32. The monoisotopic (exact) mass is 314 g/mol. The predicted molar refractivity (Wildman–Crippen MR) is 92.1 cm³/mol. The van der Waals surface area contributed by atoms with E-state index in [2.05, 4.69) is 39.0 Å². The zero-order chi connectivity index (χ0) is 15.7. The first-order valence-corrected chi connectivity index (χ1v) is 8.86. The van der Waals surface area contributed by atoms with Crippen molar-refractivity contribution in [3.63, 3.8) is 0 Å². The highest BCUT2D eigenvalue weighted by molar-refractivity contribution is 8.00. The summed E-state index contributed by atoms with van der Waals surface area (Å²) in [6.45, 7) is 7.05. The van der Waals surface area contributed by atoms with Crippen LogP contribution in [0.3, 0.4) is 0 Å². The fourth-order valence-electron chi connectivity index (χ4n) is 2.88. The Labute approximate surface area is 136 Å². The quantitative estimate of drug-likeness (QED) is 0.576. The topological polar surface area (TPSA) is 26.3 Å². The van der Waals surface area contributed by atoms with Crippen molar-refractivity contribution in [1.82, 2.24) is 0 Å². The molecule has 0 N–H and O–H groups in total. The molecule has 0 saturated carbocycles. The van der Waals surface area contributed by atoms with E-state index in [1.54, 1.807) is 11.8 Å². The second kappa shape index (κ2) is 6.33. The van der Waals surface area contributed by atoms with Gasteiger partial charge in [0.15, 0.2) is 5.78 Å². The SMILES string of the molecule is CCCCOc1cc2c(c(C)c1C)SC1C=CCC=C1C2=O. The Bertz CT molecular complexity index is 671. The number of ether oxygens (including phenoxy) is 1. The van der Waals surface area contributed by atoms with Gasteiger partial charge in [-0.25, -0.2) is 0 Å². The number of carbonyl (C=O) groups excluding carboxylic acids is 1. The van der Waals surface area contributed by atoms with Crippen molar-refractivity contribution in [3.8, 4) is 5.75 Å². The molecule has 1 unspecified atom stereocenters. The Balaban J connectivity index is 2.01. The van der Waals surface area contributed by atoms with Crippen LogP contribution in [0.15, 0.2) is 34.8 Å². The minimum Gasteiger partial charge on any atom is -0.493 e. The van der Waals surface area contributed by atoms with Crippen molar-refractivity contribution in [2.75, 3.05) is 6.61 Å². The Morgan fingerprint density at radius 3 is 2.91 bits per heavy atom. The van der Waals surface area contributed by atoms with E-state index >= 15 is 0 Å². The molecule has 2 aliphatic rings. The Kier molecular flexibility index (Phi) is 4.44. The van der Waals surface area contributed by atoms with Crippen LogP contribution in [0, 0.1) is 13.8 Å². The molecule has 0 amide bonds. The average molecular weight is 314 g/mol. The molecule has 1 atom stereocenters. The number of fused-ring (bicyclic) bond motifs is 2. The maximum Gasteiger partial charge on any atom is 0.191 e. The molecule has 0 saturated heterocycles. The van der Waals surface area contributed by atoms with Crippen molar-refractivity contribution >= 4 is 17.5 Å². The number of benzene rings is 1. The molecule has 1 aromatic carbocycles. The summed E-state index contributed by atoms with van der Waals surface area (Å²) in [6.07, 6.45) is 9.37. The number of allylic oxidation sites excluding steroid dienone is 2.